The highest BCUT2D eigenvalue weighted by molar-refractivity contribution is 5.98. The number of nitrogens with zero attached hydrogens (tertiary/aromatic N) is 1. The van der Waals surface area contributed by atoms with Crippen molar-refractivity contribution < 1.29 is 47.3 Å². The summed E-state index contributed by atoms with van der Waals surface area (Å²) in [6.07, 6.45) is -0.959. The molecule has 3 atom stereocenters. The molecule has 0 aliphatic carbocycles. The topological polar surface area (TPSA) is 139 Å². The molecule has 11 nitrogen and oxygen atoms in total. The molecule has 212 valence electrons. The third-order valence-corrected chi connectivity index (χ3v) is 5.33. The van der Waals surface area contributed by atoms with Gasteiger partial charge in [-0.2, -0.15) is 0 Å². The van der Waals surface area contributed by atoms with E-state index in [4.69, 9.17) is 23.7 Å². The number of esters is 3. The van der Waals surface area contributed by atoms with Gasteiger partial charge in [-0.05, 0) is 46.8 Å². The minimum absolute atomic E-state index is 0.0888. The fraction of sp³-hybridized carbons (Fsp3) is 0.444. The third kappa shape index (κ3) is 8.13. The molecule has 2 aromatic rings. The van der Waals surface area contributed by atoms with Crippen molar-refractivity contribution in [3.05, 3.63) is 47.5 Å². The molecule has 1 N–H and O–H groups in total. The number of hydrogen-bond acceptors (Lipinski definition) is 10. The SMILES string of the molecule is COc1cc(F)ccc1[C@@H](OC(=O)C(C)(C)C)[C@H](C)OC(=O)[C@H](C)NC(=O)c1nccc(OC)c1OC(C)=O. The molecule has 2 rings (SSSR count). The lowest BCUT2D eigenvalue weighted by molar-refractivity contribution is -0.174. The maximum Gasteiger partial charge on any atom is 0.328 e. The second-order valence-corrected chi connectivity index (χ2v) is 9.58. The number of benzene rings is 1. The van der Waals surface area contributed by atoms with Gasteiger partial charge in [-0.1, -0.05) is 0 Å². The number of amides is 1. The summed E-state index contributed by atoms with van der Waals surface area (Å²) >= 11 is 0. The number of halogens is 1. The number of pyridine rings is 1. The zero-order valence-electron chi connectivity index (χ0n) is 23.1. The van der Waals surface area contributed by atoms with Gasteiger partial charge in [-0.15, -0.1) is 0 Å². The summed E-state index contributed by atoms with van der Waals surface area (Å²) in [5, 5.41) is 2.44. The number of nitrogens with one attached hydrogen (secondary N) is 1. The predicted molar refractivity (Wildman–Crippen MR) is 136 cm³/mol. The van der Waals surface area contributed by atoms with Crippen molar-refractivity contribution in [1.82, 2.24) is 10.3 Å². The van der Waals surface area contributed by atoms with E-state index in [2.05, 4.69) is 10.3 Å². The first kappa shape index (κ1) is 31.0. The van der Waals surface area contributed by atoms with Crippen LogP contribution in [0.5, 0.6) is 17.2 Å². The zero-order valence-corrected chi connectivity index (χ0v) is 23.1. The number of rotatable bonds is 10. The second-order valence-electron chi connectivity index (χ2n) is 9.58. The minimum atomic E-state index is -1.20. The van der Waals surface area contributed by atoms with Crippen LogP contribution in [0.3, 0.4) is 0 Å². The molecule has 1 aromatic carbocycles. The summed E-state index contributed by atoms with van der Waals surface area (Å²) in [4.78, 5) is 54.0. The number of aromatic nitrogens is 1. The molecule has 39 heavy (non-hydrogen) atoms. The van der Waals surface area contributed by atoms with Crippen LogP contribution in [0.2, 0.25) is 0 Å². The first-order valence-corrected chi connectivity index (χ1v) is 12.0. The second kappa shape index (κ2) is 13.0. The van der Waals surface area contributed by atoms with Crippen LogP contribution in [0, 0.1) is 11.2 Å². The molecule has 0 unspecified atom stereocenters. The fourth-order valence-electron chi connectivity index (χ4n) is 3.29. The average Bonchev–Trinajstić information content (AvgIpc) is 2.86. The van der Waals surface area contributed by atoms with Gasteiger partial charge >= 0.3 is 17.9 Å². The summed E-state index contributed by atoms with van der Waals surface area (Å²) in [6.45, 7) is 8.96. The van der Waals surface area contributed by atoms with Crippen molar-refractivity contribution in [3.8, 4) is 17.2 Å². The van der Waals surface area contributed by atoms with Crippen molar-refractivity contribution in [1.29, 1.82) is 0 Å². The van der Waals surface area contributed by atoms with Crippen molar-refractivity contribution in [2.75, 3.05) is 14.2 Å². The van der Waals surface area contributed by atoms with Crippen LogP contribution in [0.1, 0.15) is 63.7 Å². The smallest absolute Gasteiger partial charge is 0.328 e. The Hall–Kier alpha value is -4.22. The van der Waals surface area contributed by atoms with Crippen molar-refractivity contribution >= 4 is 23.8 Å². The molecule has 1 aromatic heterocycles. The van der Waals surface area contributed by atoms with E-state index in [-0.39, 0.29) is 28.5 Å². The molecule has 12 heteroatoms. The fourth-order valence-corrected chi connectivity index (χ4v) is 3.29. The molecule has 0 bridgehead atoms. The maximum atomic E-state index is 13.8. The average molecular weight is 549 g/mol. The summed E-state index contributed by atoms with van der Waals surface area (Å²) < 4.78 is 40.5. The van der Waals surface area contributed by atoms with Gasteiger partial charge < -0.3 is 29.0 Å². The van der Waals surface area contributed by atoms with Gasteiger partial charge in [-0.25, -0.2) is 14.2 Å². The summed E-state index contributed by atoms with van der Waals surface area (Å²) in [6, 6.07) is 3.85. The molecule has 0 saturated carbocycles. The Bertz CT molecular complexity index is 1230. The van der Waals surface area contributed by atoms with Gasteiger partial charge in [-0.3, -0.25) is 14.4 Å². The molecule has 0 aliphatic rings. The Morgan fingerprint density at radius 3 is 2.18 bits per heavy atom. The van der Waals surface area contributed by atoms with Crippen molar-refractivity contribution in [3.63, 3.8) is 0 Å². The number of hydrogen-bond donors (Lipinski definition) is 1. The highest BCUT2D eigenvalue weighted by Gasteiger charge is 2.35. The third-order valence-electron chi connectivity index (χ3n) is 5.33. The molecule has 0 spiro atoms. The van der Waals surface area contributed by atoms with Crippen LogP contribution in [0.4, 0.5) is 4.39 Å². The van der Waals surface area contributed by atoms with E-state index in [1.54, 1.807) is 20.8 Å². The Labute approximate surface area is 225 Å². The van der Waals surface area contributed by atoms with Crippen LogP contribution in [-0.2, 0) is 23.9 Å². The number of ether oxygens (including phenoxy) is 5. The van der Waals surface area contributed by atoms with Crippen molar-refractivity contribution in [2.45, 2.75) is 59.8 Å². The van der Waals surface area contributed by atoms with Crippen LogP contribution in [0.25, 0.3) is 0 Å². The Morgan fingerprint density at radius 1 is 0.974 bits per heavy atom. The number of carbonyl (C=O) groups is 4. The summed E-state index contributed by atoms with van der Waals surface area (Å²) in [5.74, 6) is -3.61. The van der Waals surface area contributed by atoms with E-state index in [1.165, 1.54) is 46.4 Å². The predicted octanol–water partition coefficient (Wildman–Crippen LogP) is 3.54. The van der Waals surface area contributed by atoms with Crippen LogP contribution in [0.15, 0.2) is 30.5 Å². The van der Waals surface area contributed by atoms with Gasteiger partial charge in [0.1, 0.15) is 23.7 Å². The van der Waals surface area contributed by atoms with Gasteiger partial charge in [0.25, 0.3) is 5.91 Å². The number of methoxy groups -OCH3 is 2. The van der Waals surface area contributed by atoms with E-state index in [1.807, 2.05) is 0 Å². The van der Waals surface area contributed by atoms with E-state index in [0.717, 1.165) is 19.1 Å². The Kier molecular flexibility index (Phi) is 10.4. The van der Waals surface area contributed by atoms with Crippen LogP contribution in [-0.4, -0.2) is 55.2 Å². The molecule has 0 saturated heterocycles. The molecule has 0 radical (unpaired) electrons. The van der Waals surface area contributed by atoms with E-state index < -0.39 is 53.3 Å². The quantitative estimate of drug-likeness (QED) is 0.439. The van der Waals surface area contributed by atoms with Crippen molar-refractivity contribution in [2.24, 2.45) is 5.41 Å². The Morgan fingerprint density at radius 2 is 1.62 bits per heavy atom. The van der Waals surface area contributed by atoms with E-state index in [0.29, 0.717) is 0 Å². The zero-order chi connectivity index (χ0) is 29.5. The molecular formula is C27H33FN2O9. The molecule has 1 amide bonds. The standard InChI is InChI=1S/C27H33FN2O9/c1-14(30-24(32)21-23(38-16(3)31)19(35-7)11-12-29-21)25(33)37-15(2)22(39-26(34)27(4,5)6)18-10-9-17(28)13-20(18)36-8/h9-15,22H,1-8H3,(H,30,32)/t14-,15-,22-/m0/s1. The monoisotopic (exact) mass is 548 g/mol. The van der Waals surface area contributed by atoms with Gasteiger partial charge in [0, 0.05) is 30.8 Å². The minimum Gasteiger partial charge on any atom is -0.496 e. The highest BCUT2D eigenvalue weighted by atomic mass is 19.1. The molecule has 0 aliphatic heterocycles. The first-order chi connectivity index (χ1) is 18.2. The lowest BCUT2D eigenvalue weighted by atomic mass is 9.96. The van der Waals surface area contributed by atoms with Gasteiger partial charge in [0.15, 0.2) is 17.5 Å². The number of carbonyl (C=O) groups excluding carboxylic acids is 4. The molecule has 0 fully saturated rings. The first-order valence-electron chi connectivity index (χ1n) is 12.0. The van der Waals surface area contributed by atoms with Crippen LogP contribution < -0.4 is 19.5 Å². The highest BCUT2D eigenvalue weighted by Crippen LogP contribution is 2.34. The maximum absolute atomic E-state index is 13.8. The lowest BCUT2D eigenvalue weighted by Crippen LogP contribution is -2.42. The van der Waals surface area contributed by atoms with E-state index in [9.17, 15) is 23.6 Å². The normalized spacial score (nSPS) is 13.4. The summed E-state index contributed by atoms with van der Waals surface area (Å²) in [5.41, 5.74) is -0.898. The lowest BCUT2D eigenvalue weighted by Gasteiger charge is -2.29. The Balaban J connectivity index is 2.27. The molecular weight excluding hydrogens is 515 g/mol. The van der Waals surface area contributed by atoms with Gasteiger partial charge in [0.2, 0.25) is 5.75 Å². The molecule has 1 heterocycles. The van der Waals surface area contributed by atoms with Crippen LogP contribution >= 0.6 is 0 Å². The summed E-state index contributed by atoms with van der Waals surface area (Å²) in [7, 11) is 2.65. The van der Waals surface area contributed by atoms with Gasteiger partial charge in [0.05, 0.1) is 19.6 Å². The van der Waals surface area contributed by atoms with E-state index >= 15 is 0 Å². The largest absolute Gasteiger partial charge is 0.496 e.